The Kier molecular flexibility index (Phi) is 1.58. The van der Waals surface area contributed by atoms with Crippen molar-refractivity contribution in [2.75, 3.05) is 12.4 Å². The zero-order chi connectivity index (χ0) is 9.54. The number of nitrogens with zero attached hydrogens (tertiary/aromatic N) is 2. The molecule has 0 amide bonds. The van der Waals surface area contributed by atoms with Crippen LogP contribution in [0.25, 0.3) is 11.4 Å². The first-order chi connectivity index (χ1) is 6.90. The first-order valence-corrected chi connectivity index (χ1v) is 5.33. The fraction of sp³-hybridized carbons (Fsp3) is 0.200. The molecular formula is C10H10N3S+. The third kappa shape index (κ3) is 0.915. The molecule has 1 aromatic heterocycles. The summed E-state index contributed by atoms with van der Waals surface area (Å²) in [6.07, 6.45) is 0. The fourth-order valence-corrected chi connectivity index (χ4v) is 2.56. The molecule has 0 atom stereocenters. The number of fused-ring (bicyclic) bond motifs is 3. The van der Waals surface area contributed by atoms with E-state index < -0.39 is 0 Å². The summed E-state index contributed by atoms with van der Waals surface area (Å²) >= 11 is 1.52. The molecule has 3 rings (SSSR count). The molecule has 0 bridgehead atoms. The first-order valence-electron chi connectivity index (χ1n) is 4.55. The van der Waals surface area contributed by atoms with Crippen LogP contribution in [0.2, 0.25) is 0 Å². The lowest BCUT2D eigenvalue weighted by molar-refractivity contribution is -0.655. The highest BCUT2D eigenvalue weighted by atomic mass is 32.1. The molecule has 0 fully saturated rings. The second kappa shape index (κ2) is 2.78. The molecule has 2 aromatic rings. The number of hydrogen-bond acceptors (Lipinski definition) is 3. The van der Waals surface area contributed by atoms with E-state index in [1.54, 1.807) is 0 Å². The predicted molar refractivity (Wildman–Crippen MR) is 56.4 cm³/mol. The van der Waals surface area contributed by atoms with E-state index in [9.17, 15) is 0 Å². The second-order valence-electron chi connectivity index (χ2n) is 3.30. The van der Waals surface area contributed by atoms with E-state index in [-0.39, 0.29) is 0 Å². The van der Waals surface area contributed by atoms with Gasteiger partial charge in [-0.1, -0.05) is 18.2 Å². The molecule has 0 unspecified atom stereocenters. The van der Waals surface area contributed by atoms with Crippen molar-refractivity contribution in [3.63, 3.8) is 0 Å². The highest BCUT2D eigenvalue weighted by Gasteiger charge is 2.29. The average molecular weight is 204 g/mol. The van der Waals surface area contributed by atoms with E-state index in [0.29, 0.717) is 0 Å². The summed E-state index contributed by atoms with van der Waals surface area (Å²) in [5, 5.41) is 4.28. The monoisotopic (exact) mass is 204 g/mol. The van der Waals surface area contributed by atoms with Crippen LogP contribution < -0.4 is 9.88 Å². The number of aromatic nitrogens is 2. The summed E-state index contributed by atoms with van der Waals surface area (Å²) in [5.74, 6) is 1.09. The number of hydrogen-bond donors (Lipinski definition) is 1. The Morgan fingerprint density at radius 3 is 3.14 bits per heavy atom. The predicted octanol–water partition coefficient (Wildman–Crippen LogP) is 1.50. The average Bonchev–Trinajstić information content (AvgIpc) is 2.75. The van der Waals surface area contributed by atoms with Crippen LogP contribution in [-0.2, 0) is 6.54 Å². The molecular weight excluding hydrogens is 194 g/mol. The molecule has 4 heteroatoms. The minimum Gasteiger partial charge on any atom is -0.297 e. The van der Waals surface area contributed by atoms with E-state index >= 15 is 0 Å². The van der Waals surface area contributed by atoms with Crippen LogP contribution in [-0.4, -0.2) is 11.4 Å². The molecule has 0 radical (unpaired) electrons. The van der Waals surface area contributed by atoms with Gasteiger partial charge in [-0.2, -0.15) is 0 Å². The maximum absolute atomic E-state index is 4.45. The molecule has 0 saturated carbocycles. The van der Waals surface area contributed by atoms with Crippen LogP contribution in [0.15, 0.2) is 24.3 Å². The van der Waals surface area contributed by atoms with Crippen molar-refractivity contribution in [3.8, 4) is 11.4 Å². The lowest BCUT2D eigenvalue weighted by atomic mass is 10.1. The maximum atomic E-state index is 4.45. The third-order valence-electron chi connectivity index (χ3n) is 2.52. The summed E-state index contributed by atoms with van der Waals surface area (Å²) in [6, 6.07) is 8.43. The molecule has 0 aliphatic carbocycles. The van der Waals surface area contributed by atoms with Crippen LogP contribution >= 0.6 is 11.5 Å². The van der Waals surface area contributed by atoms with Gasteiger partial charge in [0, 0.05) is 5.56 Å². The molecule has 70 valence electrons. The molecule has 3 nitrogen and oxygen atoms in total. The fourth-order valence-electron chi connectivity index (χ4n) is 1.85. The van der Waals surface area contributed by atoms with Crippen LogP contribution in [0.3, 0.4) is 0 Å². The maximum Gasteiger partial charge on any atom is 0.314 e. The lowest BCUT2D eigenvalue weighted by Crippen LogP contribution is -2.32. The lowest BCUT2D eigenvalue weighted by Gasteiger charge is -1.93. The van der Waals surface area contributed by atoms with E-state index in [2.05, 4.69) is 38.5 Å². The summed E-state index contributed by atoms with van der Waals surface area (Å²) in [7, 11) is 1.93. The zero-order valence-electron chi connectivity index (χ0n) is 7.82. The summed E-state index contributed by atoms with van der Waals surface area (Å²) in [5.41, 5.74) is 2.63. The molecule has 0 spiro atoms. The van der Waals surface area contributed by atoms with Gasteiger partial charge < -0.3 is 0 Å². The van der Waals surface area contributed by atoms with Gasteiger partial charge in [-0.25, -0.2) is 4.57 Å². The number of nitrogens with one attached hydrogen (secondary N) is 1. The molecule has 2 heterocycles. The molecule has 1 aromatic carbocycles. The summed E-state index contributed by atoms with van der Waals surface area (Å²) < 4.78 is 6.67. The van der Waals surface area contributed by atoms with Crippen molar-refractivity contribution in [1.29, 1.82) is 0 Å². The Morgan fingerprint density at radius 2 is 2.29 bits per heavy atom. The Bertz CT molecular complexity index is 490. The third-order valence-corrected chi connectivity index (χ3v) is 3.38. The summed E-state index contributed by atoms with van der Waals surface area (Å²) in [4.78, 5) is 0. The van der Waals surface area contributed by atoms with Crippen molar-refractivity contribution in [2.24, 2.45) is 0 Å². The topological polar surface area (TPSA) is 28.8 Å². The van der Waals surface area contributed by atoms with Crippen molar-refractivity contribution in [2.45, 2.75) is 6.54 Å². The van der Waals surface area contributed by atoms with E-state index in [1.807, 2.05) is 7.05 Å². The van der Waals surface area contributed by atoms with Crippen LogP contribution in [0, 0.1) is 0 Å². The molecule has 1 N–H and O–H groups in total. The van der Waals surface area contributed by atoms with Crippen LogP contribution in [0.4, 0.5) is 5.13 Å². The largest absolute Gasteiger partial charge is 0.314 e. The van der Waals surface area contributed by atoms with E-state index in [1.165, 1.54) is 22.7 Å². The van der Waals surface area contributed by atoms with Gasteiger partial charge in [-0.05, 0) is 10.4 Å². The van der Waals surface area contributed by atoms with Crippen molar-refractivity contribution < 1.29 is 4.57 Å². The standard InChI is InChI=1S/C10H9N3S/c1-11-10-13-6-7-4-2-3-5-8(7)9(13)12-14-10/h2-5H,6H2,1H3/p+1. The van der Waals surface area contributed by atoms with Gasteiger partial charge in [0.2, 0.25) is 0 Å². The Morgan fingerprint density at radius 1 is 1.43 bits per heavy atom. The van der Waals surface area contributed by atoms with Gasteiger partial charge in [0.25, 0.3) is 5.82 Å². The second-order valence-corrected chi connectivity index (χ2v) is 4.06. The Hall–Kier alpha value is -1.42. The molecule has 1 aliphatic rings. The van der Waals surface area contributed by atoms with Gasteiger partial charge in [-0.3, -0.25) is 5.32 Å². The molecule has 0 saturated heterocycles. The molecule has 14 heavy (non-hydrogen) atoms. The van der Waals surface area contributed by atoms with E-state index in [0.717, 1.165) is 17.5 Å². The van der Waals surface area contributed by atoms with Gasteiger partial charge >= 0.3 is 5.13 Å². The van der Waals surface area contributed by atoms with Gasteiger partial charge in [0.05, 0.1) is 19.2 Å². The SMILES string of the molecule is CNc1snc2[n+]1Cc1ccccc1-2. The minimum atomic E-state index is 0.943. The Balaban J connectivity index is 2.23. The van der Waals surface area contributed by atoms with Crippen LogP contribution in [0.5, 0.6) is 0 Å². The normalized spacial score (nSPS) is 12.4. The quantitative estimate of drug-likeness (QED) is 0.609. The highest BCUT2D eigenvalue weighted by Crippen LogP contribution is 2.28. The van der Waals surface area contributed by atoms with Crippen molar-refractivity contribution >= 4 is 16.7 Å². The highest BCUT2D eigenvalue weighted by molar-refractivity contribution is 7.09. The number of benzene rings is 1. The Labute approximate surface area is 86.2 Å². The van der Waals surface area contributed by atoms with Gasteiger partial charge in [-0.15, -0.1) is 0 Å². The van der Waals surface area contributed by atoms with Crippen molar-refractivity contribution in [1.82, 2.24) is 4.37 Å². The molecule has 1 aliphatic heterocycles. The first kappa shape index (κ1) is 7.94. The summed E-state index contributed by atoms with van der Waals surface area (Å²) in [6.45, 7) is 0.943. The van der Waals surface area contributed by atoms with Gasteiger partial charge in [0.15, 0.2) is 0 Å². The number of rotatable bonds is 1. The van der Waals surface area contributed by atoms with Crippen LogP contribution in [0.1, 0.15) is 5.56 Å². The van der Waals surface area contributed by atoms with Gasteiger partial charge in [0.1, 0.15) is 11.5 Å². The van der Waals surface area contributed by atoms with Crippen molar-refractivity contribution in [3.05, 3.63) is 29.8 Å². The van der Waals surface area contributed by atoms with E-state index in [4.69, 9.17) is 0 Å². The minimum absolute atomic E-state index is 0.943. The number of anilines is 1. The zero-order valence-corrected chi connectivity index (χ0v) is 8.64. The smallest absolute Gasteiger partial charge is 0.297 e.